The van der Waals surface area contributed by atoms with Gasteiger partial charge in [-0.05, 0) is 6.92 Å². The van der Waals surface area contributed by atoms with E-state index in [4.69, 9.17) is 61.6 Å². The van der Waals surface area contributed by atoms with Gasteiger partial charge in [-0.2, -0.15) is 0 Å². The molecule has 0 aliphatic carbocycles. The summed E-state index contributed by atoms with van der Waals surface area (Å²) in [5, 5.41) is 279. The van der Waals surface area contributed by atoms with Crippen molar-refractivity contribution in [2.75, 3.05) is 33.0 Å². The summed E-state index contributed by atoms with van der Waals surface area (Å²) >= 11 is 0. The van der Waals surface area contributed by atoms with Crippen molar-refractivity contribution >= 4 is 29.7 Å². The lowest BCUT2D eigenvalue weighted by Gasteiger charge is -2.52. The average molecular weight is 1440 g/mol. The van der Waals surface area contributed by atoms with E-state index in [1.165, 1.54) is 0 Å². The number of carboxylic acid groups (broad SMARTS) is 3. The van der Waals surface area contributed by atoms with Crippen LogP contribution < -0.4 is 10.6 Å². The Kier molecular flexibility index (Phi) is 27.9. The van der Waals surface area contributed by atoms with Gasteiger partial charge in [-0.1, -0.05) is 0 Å². The maximum atomic E-state index is 13.6. The first-order valence-corrected chi connectivity index (χ1v) is 30.3. The topological polar surface area (TPSA) is 735 Å². The van der Waals surface area contributed by atoms with Crippen molar-refractivity contribution in [3.8, 4) is 0 Å². The van der Waals surface area contributed by atoms with Crippen molar-refractivity contribution in [2.24, 2.45) is 0 Å². The van der Waals surface area contributed by atoms with E-state index in [0.29, 0.717) is 0 Å². The number of aliphatic carboxylic acids is 3. The molecule has 7 fully saturated rings. The number of hydrogen-bond donors (Lipinski definition) is 27. The molecule has 45 heteroatoms. The minimum atomic E-state index is -3.35. The van der Waals surface area contributed by atoms with Crippen LogP contribution in [0.2, 0.25) is 0 Å². The quantitative estimate of drug-likeness (QED) is 0.0363. The molecule has 27 N–H and O–H groups in total. The Morgan fingerprint density at radius 2 is 0.959 bits per heavy atom. The average Bonchev–Trinajstić information content (AvgIpc) is 0.762. The fourth-order valence-corrected chi connectivity index (χ4v) is 12.2. The lowest BCUT2D eigenvalue weighted by molar-refractivity contribution is -0.417. The summed E-state index contributed by atoms with van der Waals surface area (Å²) in [4.78, 5) is 62.8. The van der Waals surface area contributed by atoms with Crippen LogP contribution in [0.15, 0.2) is 0 Å². The zero-order valence-corrected chi connectivity index (χ0v) is 51.8. The van der Waals surface area contributed by atoms with Crippen LogP contribution in [0.4, 0.5) is 0 Å². The molecule has 0 aromatic carbocycles. The highest BCUT2D eigenvalue weighted by Gasteiger charge is 2.63. The monoisotopic (exact) mass is 1440 g/mol. The molecule has 45 nitrogen and oxygen atoms in total. The van der Waals surface area contributed by atoms with Crippen molar-refractivity contribution < 1.29 is 213 Å². The second kappa shape index (κ2) is 33.6. The lowest BCUT2D eigenvalue weighted by Crippen LogP contribution is -2.71. The van der Waals surface area contributed by atoms with Gasteiger partial charge in [0.05, 0.1) is 63.4 Å². The minimum Gasteiger partial charge on any atom is -0.479 e. The summed E-state index contributed by atoms with van der Waals surface area (Å²) in [7, 11) is 0. The second-order valence-electron chi connectivity index (χ2n) is 24.5. The van der Waals surface area contributed by atoms with E-state index in [-0.39, 0.29) is 0 Å². The van der Waals surface area contributed by atoms with Crippen LogP contribution in [0.1, 0.15) is 33.6 Å². The van der Waals surface area contributed by atoms with Gasteiger partial charge in [0.2, 0.25) is 11.8 Å². The molecule has 0 unspecified atom stereocenters. The standard InChI is InChI=1S/C53H86N2O43/c1-11(60)21(54-12(2)61)39-22(55-13(3)62)14(63)5-53(98-39,51(83)84)86-10-20-38(92-45-30(75)24(69)23(68)19(9-59)87-45)29(74)32(77)46(88-20)96-43-36(17(66)7-57)91-48(90-35-15(64)4-52(85,50(81)82)97-37(35)18(67)8-58)33(78)40(43)93-49-42(28(73)27(72)34(89-49)16(65)6-56)95-47-31(76)25(70)26(71)41(94-47)44(79)80/h11,14-43,45-49,56-60,63-78,85H,4-10H2,1-3H3,(H,54,61)(H,55,62)(H,79,80)(H,81,82)(H,83,84)/t11-,14+,15-,16+,17-,18-,19-,20-,21-,22-,23+,24+,25+,26+,27+,28+,29-,30-,31-,32-,33+,34-,35-,36-,37-,38-,39+,40-,41+,42+,43-,45+,46+,47-,48+,49-,52-,53-/m1/s1. The molecular formula is C53H86N2O43. The minimum absolute atomic E-state index is 0.853. The van der Waals surface area contributed by atoms with Gasteiger partial charge in [-0.3, -0.25) is 9.59 Å². The van der Waals surface area contributed by atoms with Crippen molar-refractivity contribution in [3.63, 3.8) is 0 Å². The van der Waals surface area contributed by atoms with Gasteiger partial charge in [-0.25, -0.2) is 14.4 Å². The zero-order chi connectivity index (χ0) is 73.2. The van der Waals surface area contributed by atoms with Crippen molar-refractivity contribution in [1.82, 2.24) is 10.6 Å². The number of nitrogens with one attached hydrogen (secondary N) is 2. The number of amides is 2. The summed E-state index contributed by atoms with van der Waals surface area (Å²) in [5.74, 6) is -14.6. The molecule has 0 spiro atoms. The number of carbonyl (C=O) groups excluding carboxylic acids is 2. The van der Waals surface area contributed by atoms with Gasteiger partial charge in [0, 0.05) is 26.7 Å². The smallest absolute Gasteiger partial charge is 0.364 e. The highest BCUT2D eigenvalue weighted by atomic mass is 16.8. The number of aliphatic hydroxyl groups excluding tert-OH is 21. The van der Waals surface area contributed by atoms with Crippen LogP contribution >= 0.6 is 0 Å². The maximum absolute atomic E-state index is 13.6. The fraction of sp³-hybridized carbons (Fsp3) is 0.906. The van der Waals surface area contributed by atoms with Crippen molar-refractivity contribution in [3.05, 3.63) is 0 Å². The SMILES string of the molecule is CC(=O)N[C@@H]([C@@H]1O[C@@](OC[C@H]2O[C@@H](O[C@H]3[C@H](O[C@H]4O[C@H]([C@@H](O)CO)[C@@H](O)[C@H](O)[C@@H]4O[C@H]4O[C@H](C(=O)O)[C@@H](O)[C@H](O)[C@H]4O)[C@H](O)[C@@H](O[C@H]4[C@@H]([C@H](O)CO)O[C@@](O)(C(=O)O)C[C@H]4O)O[C@@H]3[C@H](O)CO)[C@H](O)[C@@H](O)[C@@H]2O[C@@H]2O[C@H](CO)[C@H](O)[C@H](O)[C@H]2O)(C(=O)O)C[C@H](O)[C@H]1NC(C)=O)[C@@H](C)O. The molecule has 566 valence electrons. The Morgan fingerprint density at radius 1 is 0.469 bits per heavy atom. The Balaban J connectivity index is 1.36. The molecule has 7 aliphatic heterocycles. The number of rotatable bonds is 27. The summed E-state index contributed by atoms with van der Waals surface area (Å²) in [6.45, 7) is -3.64. The van der Waals surface area contributed by atoms with E-state index in [0.717, 1.165) is 20.8 Å². The Labute approximate surface area is 551 Å². The predicted octanol–water partition coefficient (Wildman–Crippen LogP) is -17.1. The van der Waals surface area contributed by atoms with E-state index in [1.807, 2.05) is 0 Å². The van der Waals surface area contributed by atoms with Gasteiger partial charge in [-0.15, -0.1) is 0 Å². The van der Waals surface area contributed by atoms with E-state index in [1.54, 1.807) is 0 Å². The molecule has 0 radical (unpaired) electrons. The summed E-state index contributed by atoms with van der Waals surface area (Å²) in [5.41, 5.74) is 0. The Hall–Kier alpha value is -4.05. The first-order chi connectivity index (χ1) is 45.8. The molecule has 0 aromatic rings. The molecule has 0 saturated carbocycles. The van der Waals surface area contributed by atoms with Gasteiger partial charge in [0.15, 0.2) is 37.6 Å². The van der Waals surface area contributed by atoms with E-state index in [2.05, 4.69) is 10.6 Å². The predicted molar refractivity (Wildman–Crippen MR) is 295 cm³/mol. The number of carbonyl (C=O) groups is 5. The van der Waals surface area contributed by atoms with Crippen LogP contribution in [0.3, 0.4) is 0 Å². The molecule has 7 aliphatic rings. The summed E-state index contributed by atoms with van der Waals surface area (Å²) < 4.78 is 75.2. The van der Waals surface area contributed by atoms with E-state index >= 15 is 0 Å². The molecule has 7 rings (SSSR count). The van der Waals surface area contributed by atoms with E-state index in [9.17, 15) is 152 Å². The molecule has 0 bridgehead atoms. The fourth-order valence-electron chi connectivity index (χ4n) is 12.2. The van der Waals surface area contributed by atoms with Gasteiger partial charge in [0.25, 0.3) is 11.6 Å². The van der Waals surface area contributed by atoms with Crippen LogP contribution in [0.25, 0.3) is 0 Å². The molecule has 98 heavy (non-hydrogen) atoms. The van der Waals surface area contributed by atoms with Crippen molar-refractivity contribution in [1.29, 1.82) is 0 Å². The lowest BCUT2D eigenvalue weighted by atomic mass is 9.87. The number of ether oxygens (including phenoxy) is 13. The van der Waals surface area contributed by atoms with E-state index < -0.39 is 308 Å². The number of aliphatic hydroxyl groups is 22. The third kappa shape index (κ3) is 17.3. The summed E-state index contributed by atoms with van der Waals surface area (Å²) in [6, 6.07) is -3.34. The van der Waals surface area contributed by atoms with Crippen LogP contribution in [0.5, 0.6) is 0 Å². The molecular weight excluding hydrogens is 1350 g/mol. The highest BCUT2D eigenvalue weighted by Crippen LogP contribution is 2.42. The van der Waals surface area contributed by atoms with Gasteiger partial charge in [0.1, 0.15) is 153 Å². The molecule has 2 amide bonds. The molecule has 7 saturated heterocycles. The zero-order valence-electron chi connectivity index (χ0n) is 51.8. The largest absolute Gasteiger partial charge is 0.479 e. The van der Waals surface area contributed by atoms with Gasteiger partial charge < -0.3 is 200 Å². The highest BCUT2D eigenvalue weighted by molar-refractivity contribution is 5.77. The first kappa shape index (κ1) is 81.3. The molecule has 7 heterocycles. The van der Waals surface area contributed by atoms with Crippen LogP contribution in [-0.2, 0) is 85.6 Å². The van der Waals surface area contributed by atoms with Gasteiger partial charge >= 0.3 is 17.9 Å². The Bertz CT molecular complexity index is 2620. The molecule has 38 atom stereocenters. The summed E-state index contributed by atoms with van der Waals surface area (Å²) in [6.07, 6.45) is -84.1. The maximum Gasteiger partial charge on any atom is 0.364 e. The normalized spacial score (nSPS) is 46.4. The second-order valence-corrected chi connectivity index (χ2v) is 24.5. The van der Waals surface area contributed by atoms with Crippen molar-refractivity contribution in [2.45, 2.75) is 266 Å². The van der Waals surface area contributed by atoms with Crippen LogP contribution in [-0.4, -0.2) is 423 Å². The third-order valence-corrected chi connectivity index (χ3v) is 17.4. The first-order valence-electron chi connectivity index (χ1n) is 30.3. The Morgan fingerprint density at radius 3 is 1.50 bits per heavy atom. The van der Waals surface area contributed by atoms with Crippen LogP contribution in [0, 0.1) is 0 Å². The number of hydrogen-bond acceptors (Lipinski definition) is 40. The number of carboxylic acids is 3. The molecule has 0 aromatic heterocycles. The third-order valence-electron chi connectivity index (χ3n) is 17.4.